The predicted octanol–water partition coefficient (Wildman–Crippen LogP) is 1.11. The van der Waals surface area contributed by atoms with E-state index in [0.29, 0.717) is 10.7 Å². The zero-order valence-corrected chi connectivity index (χ0v) is 9.85. The van der Waals surface area contributed by atoms with E-state index in [1.165, 1.54) is 0 Å². The fourth-order valence-electron chi connectivity index (χ4n) is 1.36. The van der Waals surface area contributed by atoms with Crippen LogP contribution in [-0.2, 0) is 9.59 Å². The van der Waals surface area contributed by atoms with E-state index in [9.17, 15) is 9.59 Å². The molecule has 0 bridgehead atoms. The third kappa shape index (κ3) is 4.74. The number of nitrogens with two attached hydrogens (primary N) is 1. The van der Waals surface area contributed by atoms with Gasteiger partial charge in [0.1, 0.15) is 6.54 Å². The predicted molar refractivity (Wildman–Crippen MR) is 65.1 cm³/mol. The van der Waals surface area contributed by atoms with E-state index in [-0.39, 0.29) is 19.5 Å². The van der Waals surface area contributed by atoms with Crippen molar-refractivity contribution >= 4 is 29.2 Å². The first-order chi connectivity index (χ1) is 7.99. The Hall–Kier alpha value is -1.75. The van der Waals surface area contributed by atoms with E-state index in [2.05, 4.69) is 0 Å². The molecule has 0 aliphatic carbocycles. The van der Waals surface area contributed by atoms with Crippen LogP contribution in [0.15, 0.2) is 24.3 Å². The second-order valence-electron chi connectivity index (χ2n) is 3.51. The normalized spacial score (nSPS) is 9.94. The SMILES string of the molecule is NC(=O)CCN(CC(=O)O)c1ccc(Cl)cc1. The van der Waals surface area contributed by atoms with Gasteiger partial charge in [0.2, 0.25) is 5.91 Å². The Morgan fingerprint density at radius 2 is 1.88 bits per heavy atom. The van der Waals surface area contributed by atoms with Gasteiger partial charge in [-0.15, -0.1) is 0 Å². The summed E-state index contributed by atoms with van der Waals surface area (Å²) in [5.41, 5.74) is 5.73. The molecule has 3 N–H and O–H groups in total. The van der Waals surface area contributed by atoms with Crippen LogP contribution < -0.4 is 10.6 Å². The van der Waals surface area contributed by atoms with Crippen molar-refractivity contribution < 1.29 is 14.7 Å². The molecule has 0 atom stereocenters. The number of carboxylic acid groups (broad SMARTS) is 1. The molecule has 0 aliphatic rings. The third-order valence-electron chi connectivity index (χ3n) is 2.15. The summed E-state index contributed by atoms with van der Waals surface area (Å²) in [6, 6.07) is 6.73. The second-order valence-corrected chi connectivity index (χ2v) is 3.94. The summed E-state index contributed by atoms with van der Waals surface area (Å²) in [6.07, 6.45) is 0.107. The molecule has 0 aromatic heterocycles. The van der Waals surface area contributed by atoms with Crippen molar-refractivity contribution in [3.05, 3.63) is 29.3 Å². The highest BCUT2D eigenvalue weighted by Crippen LogP contribution is 2.18. The average molecular weight is 257 g/mol. The quantitative estimate of drug-likeness (QED) is 0.799. The minimum Gasteiger partial charge on any atom is -0.480 e. The first kappa shape index (κ1) is 13.3. The molecular weight excluding hydrogens is 244 g/mol. The summed E-state index contributed by atoms with van der Waals surface area (Å²) in [5.74, 6) is -1.43. The number of rotatable bonds is 6. The Bertz CT molecular complexity index is 406. The molecule has 0 fully saturated rings. The lowest BCUT2D eigenvalue weighted by Gasteiger charge is -2.22. The molecule has 92 valence electrons. The van der Waals surface area contributed by atoms with Crippen molar-refractivity contribution in [2.45, 2.75) is 6.42 Å². The van der Waals surface area contributed by atoms with Gasteiger partial charge in [-0.2, -0.15) is 0 Å². The van der Waals surface area contributed by atoms with Gasteiger partial charge >= 0.3 is 5.97 Å². The van der Waals surface area contributed by atoms with Gasteiger partial charge in [-0.05, 0) is 24.3 Å². The van der Waals surface area contributed by atoms with Crippen LogP contribution in [0, 0.1) is 0 Å². The van der Waals surface area contributed by atoms with Crippen molar-refractivity contribution in [3.63, 3.8) is 0 Å². The van der Waals surface area contributed by atoms with Gasteiger partial charge in [0.15, 0.2) is 0 Å². The highest BCUT2D eigenvalue weighted by Gasteiger charge is 2.11. The maximum absolute atomic E-state index is 10.7. The number of carbonyl (C=O) groups is 2. The lowest BCUT2D eigenvalue weighted by molar-refractivity contribution is -0.135. The number of anilines is 1. The third-order valence-corrected chi connectivity index (χ3v) is 2.40. The molecule has 5 nitrogen and oxygen atoms in total. The monoisotopic (exact) mass is 256 g/mol. The lowest BCUT2D eigenvalue weighted by atomic mass is 10.2. The van der Waals surface area contributed by atoms with Crippen LogP contribution in [-0.4, -0.2) is 30.1 Å². The maximum atomic E-state index is 10.7. The van der Waals surface area contributed by atoms with E-state index in [1.54, 1.807) is 29.2 Å². The summed E-state index contributed by atoms with van der Waals surface area (Å²) in [6.45, 7) is 0.0815. The zero-order chi connectivity index (χ0) is 12.8. The van der Waals surface area contributed by atoms with Gasteiger partial charge in [0.25, 0.3) is 0 Å². The molecule has 1 aromatic carbocycles. The Morgan fingerprint density at radius 3 is 2.35 bits per heavy atom. The molecule has 6 heteroatoms. The molecule has 0 spiro atoms. The van der Waals surface area contributed by atoms with Crippen molar-refractivity contribution in [3.8, 4) is 0 Å². The van der Waals surface area contributed by atoms with Crippen molar-refractivity contribution in [1.29, 1.82) is 0 Å². The zero-order valence-electron chi connectivity index (χ0n) is 9.10. The van der Waals surface area contributed by atoms with Crippen LogP contribution in [0.3, 0.4) is 0 Å². The fourth-order valence-corrected chi connectivity index (χ4v) is 1.49. The maximum Gasteiger partial charge on any atom is 0.323 e. The van der Waals surface area contributed by atoms with Crippen LogP contribution in [0.4, 0.5) is 5.69 Å². The highest BCUT2D eigenvalue weighted by atomic mass is 35.5. The number of halogens is 1. The Kier molecular flexibility index (Phi) is 4.78. The molecule has 1 rings (SSSR count). The topological polar surface area (TPSA) is 83.6 Å². The van der Waals surface area contributed by atoms with Crippen LogP contribution in [0.25, 0.3) is 0 Å². The van der Waals surface area contributed by atoms with E-state index in [1.807, 2.05) is 0 Å². The lowest BCUT2D eigenvalue weighted by Crippen LogP contribution is -2.32. The van der Waals surface area contributed by atoms with Gasteiger partial charge < -0.3 is 15.7 Å². The summed E-state index contributed by atoms with van der Waals surface area (Å²) in [4.78, 5) is 23.0. The smallest absolute Gasteiger partial charge is 0.323 e. The molecule has 0 radical (unpaired) electrons. The average Bonchev–Trinajstić information content (AvgIpc) is 2.25. The van der Waals surface area contributed by atoms with Gasteiger partial charge in [0, 0.05) is 23.7 Å². The van der Waals surface area contributed by atoms with E-state index in [0.717, 1.165) is 0 Å². The molecule has 0 aliphatic heterocycles. The van der Waals surface area contributed by atoms with Crippen LogP contribution in [0.1, 0.15) is 6.42 Å². The molecule has 0 saturated carbocycles. The van der Waals surface area contributed by atoms with Crippen LogP contribution in [0.2, 0.25) is 5.02 Å². The molecule has 1 aromatic rings. The Labute approximate surface area is 104 Å². The number of hydrogen-bond donors (Lipinski definition) is 2. The molecule has 1 amide bonds. The van der Waals surface area contributed by atoms with E-state index >= 15 is 0 Å². The highest BCUT2D eigenvalue weighted by molar-refractivity contribution is 6.30. The summed E-state index contributed by atoms with van der Waals surface area (Å²) in [7, 11) is 0. The summed E-state index contributed by atoms with van der Waals surface area (Å²) in [5, 5.41) is 9.35. The Morgan fingerprint density at radius 1 is 1.29 bits per heavy atom. The number of nitrogens with zero attached hydrogens (tertiary/aromatic N) is 1. The second kappa shape index (κ2) is 6.10. The van der Waals surface area contributed by atoms with Crippen molar-refractivity contribution in [2.24, 2.45) is 5.73 Å². The van der Waals surface area contributed by atoms with Gasteiger partial charge in [-0.3, -0.25) is 9.59 Å². The number of carboxylic acids is 1. The first-order valence-corrected chi connectivity index (χ1v) is 5.37. The van der Waals surface area contributed by atoms with Crippen molar-refractivity contribution in [2.75, 3.05) is 18.0 Å². The van der Waals surface area contributed by atoms with Crippen LogP contribution in [0.5, 0.6) is 0 Å². The molecular formula is C11H13ClN2O3. The van der Waals surface area contributed by atoms with Gasteiger partial charge in [-0.1, -0.05) is 11.6 Å². The number of hydrogen-bond acceptors (Lipinski definition) is 3. The van der Waals surface area contributed by atoms with E-state index in [4.69, 9.17) is 22.4 Å². The largest absolute Gasteiger partial charge is 0.480 e. The first-order valence-electron chi connectivity index (χ1n) is 4.99. The minimum atomic E-state index is -0.968. The van der Waals surface area contributed by atoms with E-state index < -0.39 is 11.9 Å². The van der Waals surface area contributed by atoms with Crippen molar-refractivity contribution in [1.82, 2.24) is 0 Å². The number of aliphatic carboxylic acids is 1. The van der Waals surface area contributed by atoms with Gasteiger partial charge in [-0.25, -0.2) is 0 Å². The molecule has 0 heterocycles. The summed E-state index contributed by atoms with van der Waals surface area (Å²) >= 11 is 5.74. The summed E-state index contributed by atoms with van der Waals surface area (Å²) < 4.78 is 0. The standard InChI is InChI=1S/C11H13ClN2O3/c12-8-1-3-9(4-2-8)14(7-11(16)17)6-5-10(13)15/h1-4H,5-7H2,(H2,13,15)(H,16,17). The number of primary amides is 1. The van der Waals surface area contributed by atoms with Gasteiger partial charge in [0.05, 0.1) is 0 Å². The number of benzene rings is 1. The molecule has 17 heavy (non-hydrogen) atoms. The molecule has 0 saturated heterocycles. The fraction of sp³-hybridized carbons (Fsp3) is 0.273. The Balaban J connectivity index is 2.77. The van der Waals surface area contributed by atoms with Crippen LogP contribution >= 0.6 is 11.6 Å². The minimum absolute atomic E-state index is 0.107. The number of amides is 1. The molecule has 0 unspecified atom stereocenters. The number of carbonyl (C=O) groups excluding carboxylic acids is 1.